The van der Waals surface area contributed by atoms with E-state index in [2.05, 4.69) is 31.9 Å². The average molecular weight is 1210 g/mol. The first-order valence-electron chi connectivity index (χ1n) is 27.7. The highest BCUT2D eigenvalue weighted by Gasteiger charge is 2.48. The van der Waals surface area contributed by atoms with Crippen molar-refractivity contribution in [3.05, 3.63) is 29.8 Å². The van der Waals surface area contributed by atoms with Crippen LogP contribution in [0.25, 0.3) is 0 Å². The van der Waals surface area contributed by atoms with Crippen molar-refractivity contribution in [1.82, 2.24) is 36.8 Å². The number of nitrogens with zero attached hydrogens (tertiary/aromatic N) is 1. The monoisotopic (exact) mass is 1210 g/mol. The van der Waals surface area contributed by atoms with Crippen LogP contribution in [0, 0.1) is 0 Å². The second kappa shape index (κ2) is 37.6. The van der Waals surface area contributed by atoms with Gasteiger partial charge in [0.05, 0.1) is 105 Å². The number of aliphatic hydroxyl groups is 9. The third-order valence-corrected chi connectivity index (χ3v) is 13.1. The van der Waals surface area contributed by atoms with Crippen LogP contribution in [0.2, 0.25) is 0 Å². The zero-order valence-electron chi connectivity index (χ0n) is 47.9. The van der Waals surface area contributed by atoms with Crippen LogP contribution in [-0.4, -0.2) is 302 Å². The minimum atomic E-state index is -1.52. The predicted molar refractivity (Wildman–Crippen MR) is 287 cm³/mol. The molecule has 3 aliphatic rings. The van der Waals surface area contributed by atoms with Gasteiger partial charge in [0.25, 0.3) is 0 Å². The van der Waals surface area contributed by atoms with Gasteiger partial charge in [-0.2, -0.15) is 0 Å². The third-order valence-electron chi connectivity index (χ3n) is 13.1. The largest absolute Gasteiger partial charge is 0.491 e. The number of rotatable bonds is 37. The topological polar surface area (TPSA) is 452 Å². The predicted octanol–water partition coefficient (Wildman–Crippen LogP) is -8.03. The van der Waals surface area contributed by atoms with Crippen molar-refractivity contribution in [3.8, 4) is 5.75 Å². The first-order chi connectivity index (χ1) is 40.1. The molecule has 0 aromatic heterocycles. The minimum Gasteiger partial charge on any atom is -0.491 e. The minimum absolute atomic E-state index is 0.00735. The maximum Gasteiger partial charge on any atom is 0.237 e. The summed E-state index contributed by atoms with van der Waals surface area (Å²) in [5, 5.41) is 107. The van der Waals surface area contributed by atoms with E-state index < -0.39 is 166 Å². The molecule has 3 heterocycles. The van der Waals surface area contributed by atoms with Crippen LogP contribution in [0.5, 0.6) is 5.75 Å². The number of carbonyl (C=O) groups excluding carboxylic acids is 6. The summed E-state index contributed by atoms with van der Waals surface area (Å²) in [6.45, 7) is 3.58. The van der Waals surface area contributed by atoms with Crippen molar-refractivity contribution in [2.75, 3.05) is 112 Å². The number of aliphatic hydroxyl groups excluding tert-OH is 9. The molecule has 16 atom stereocenters. The van der Waals surface area contributed by atoms with Crippen molar-refractivity contribution >= 4 is 35.4 Å². The Balaban J connectivity index is 1.40. The zero-order valence-corrected chi connectivity index (χ0v) is 47.9. The summed E-state index contributed by atoms with van der Waals surface area (Å²) >= 11 is 0. The van der Waals surface area contributed by atoms with Crippen molar-refractivity contribution in [3.63, 3.8) is 0 Å². The summed E-state index contributed by atoms with van der Waals surface area (Å²) in [5.41, 5.74) is 0.638. The van der Waals surface area contributed by atoms with Gasteiger partial charge in [0.15, 0.2) is 18.9 Å². The molecule has 0 bridgehead atoms. The summed E-state index contributed by atoms with van der Waals surface area (Å²) in [7, 11) is 0. The van der Waals surface area contributed by atoms with Gasteiger partial charge in [-0.05, 0) is 38.0 Å². The van der Waals surface area contributed by atoms with E-state index in [0.717, 1.165) is 0 Å². The summed E-state index contributed by atoms with van der Waals surface area (Å²) in [6, 6.07) is 2.26. The molecule has 4 rings (SSSR count). The smallest absolute Gasteiger partial charge is 0.237 e. The Labute approximate surface area is 486 Å². The lowest BCUT2D eigenvalue weighted by Crippen LogP contribution is -2.64. The van der Waals surface area contributed by atoms with E-state index >= 15 is 0 Å². The fourth-order valence-corrected chi connectivity index (χ4v) is 9.05. The molecule has 3 aliphatic heterocycles. The molecule has 16 unspecified atom stereocenters. The normalized spacial score (nSPS) is 28.3. The Kier molecular flexibility index (Phi) is 32.0. The molecule has 32 nitrogen and oxygen atoms in total. The van der Waals surface area contributed by atoms with Crippen molar-refractivity contribution < 1.29 is 122 Å². The second-order valence-electron chi connectivity index (χ2n) is 20.2. The van der Waals surface area contributed by atoms with Gasteiger partial charge in [-0.15, -0.1) is 0 Å². The Morgan fingerprint density at radius 1 is 0.500 bits per heavy atom. The van der Waals surface area contributed by atoms with Crippen LogP contribution in [0.15, 0.2) is 24.3 Å². The first-order valence-corrected chi connectivity index (χ1v) is 27.7. The molecule has 0 saturated carbocycles. The van der Waals surface area contributed by atoms with Gasteiger partial charge in [-0.3, -0.25) is 33.7 Å². The van der Waals surface area contributed by atoms with E-state index in [0.29, 0.717) is 11.3 Å². The number of ether oxygens (including phenoxy) is 10. The molecule has 3 fully saturated rings. The molecule has 15 N–H and O–H groups in total. The second-order valence-corrected chi connectivity index (χ2v) is 20.2. The lowest BCUT2D eigenvalue weighted by Gasteiger charge is -2.42. The molecule has 1 aromatic rings. The highest BCUT2D eigenvalue weighted by atomic mass is 16.7. The van der Waals surface area contributed by atoms with Crippen LogP contribution in [0.4, 0.5) is 0 Å². The van der Waals surface area contributed by atoms with Crippen LogP contribution >= 0.6 is 0 Å². The van der Waals surface area contributed by atoms with E-state index in [1.54, 1.807) is 24.3 Å². The van der Waals surface area contributed by atoms with E-state index in [1.807, 2.05) is 13.8 Å². The third kappa shape index (κ3) is 23.7. The molecule has 6 amide bonds. The Morgan fingerprint density at radius 2 is 0.845 bits per heavy atom. The number of hydrogen-bond donors (Lipinski definition) is 15. The highest BCUT2D eigenvalue weighted by molar-refractivity contribution is 5.86. The number of benzene rings is 1. The molecule has 0 radical (unpaired) electrons. The van der Waals surface area contributed by atoms with Crippen LogP contribution in [-0.2, 0) is 77.8 Å². The summed E-state index contributed by atoms with van der Waals surface area (Å²) in [4.78, 5) is 78.5. The van der Waals surface area contributed by atoms with Gasteiger partial charge in [-0.25, -0.2) is 0 Å². The quantitative estimate of drug-likeness (QED) is 0.0275. The van der Waals surface area contributed by atoms with E-state index in [1.165, 1.54) is 25.7 Å². The van der Waals surface area contributed by atoms with Crippen molar-refractivity contribution in [1.29, 1.82) is 0 Å². The molecular formula is C52H87N7O25. The first kappa shape index (κ1) is 71.6. The molecule has 1 aromatic carbocycles. The summed E-state index contributed by atoms with van der Waals surface area (Å²) in [5.74, 6) is -2.83. The van der Waals surface area contributed by atoms with Crippen molar-refractivity contribution in [2.24, 2.45) is 0 Å². The summed E-state index contributed by atoms with van der Waals surface area (Å²) in [6.07, 6.45) is -16.5. The Hall–Kier alpha value is -4.92. The average Bonchev–Trinajstić information content (AvgIpc) is 2.80. The van der Waals surface area contributed by atoms with Gasteiger partial charge >= 0.3 is 0 Å². The van der Waals surface area contributed by atoms with Crippen LogP contribution in [0.1, 0.15) is 40.2 Å². The number of hydrogen-bond acceptors (Lipinski definition) is 26. The maximum atomic E-state index is 14.3. The molecule has 480 valence electrons. The molecule has 32 heteroatoms. The number of nitrogens with one attached hydrogen (secondary N) is 6. The fraction of sp³-hybridized carbons (Fsp3) is 0.769. The standard InChI is InChI=1S/C52H87N7O25/c1-28(2)81-33-8-6-32(7-9-33)22-34(49(74)55-12-15-77-18-21-80-52-42(58-31(5)65)48(73)45(70)37(27-62)84-52)59(23-38(66)53-10-13-75-16-19-78-50-40(56-29(3)63)46(71)43(68)35(25-60)82-50)24-39(67)54-11-14-76-17-20-79-51-41(57-30(4)64)47(72)44(69)36(26-61)83-51/h6-9,28,34-37,40-48,50-52,60-62,68-73H,10-27H2,1-5H3,(H,53,66)(H,54,67)(H,55,74)(H,56,63)(H,57,64)(H,58,65). The van der Waals surface area contributed by atoms with E-state index in [9.17, 15) is 74.7 Å². The van der Waals surface area contributed by atoms with Gasteiger partial charge in [-0.1, -0.05) is 12.1 Å². The Morgan fingerprint density at radius 3 is 1.17 bits per heavy atom. The molecule has 84 heavy (non-hydrogen) atoms. The Bertz CT molecular complexity index is 2060. The van der Waals surface area contributed by atoms with Gasteiger partial charge in [0.1, 0.15) is 78.8 Å². The number of amides is 6. The SMILES string of the molecule is CC(=O)NC1C(OCCOCCNC(=O)CN(CC(=O)NCCOCCOC2OC(CO)C(O)C(O)C2NC(C)=O)C(Cc2ccc(OC(C)C)cc2)C(=O)NCCOCCOC2OC(CO)C(O)C(O)C2NC(C)=O)OC(CO)C(O)C1O. The highest BCUT2D eigenvalue weighted by Crippen LogP contribution is 2.25. The van der Waals surface area contributed by atoms with E-state index in [-0.39, 0.29) is 91.6 Å². The fourth-order valence-electron chi connectivity index (χ4n) is 9.05. The van der Waals surface area contributed by atoms with E-state index in [4.69, 9.17) is 47.4 Å². The molecular weight excluding hydrogens is 1120 g/mol. The van der Waals surface area contributed by atoms with Gasteiger partial charge in [0.2, 0.25) is 35.4 Å². The lowest BCUT2D eigenvalue weighted by atomic mass is 9.97. The lowest BCUT2D eigenvalue weighted by molar-refractivity contribution is -0.272. The molecule has 0 spiro atoms. The van der Waals surface area contributed by atoms with Crippen LogP contribution in [0.3, 0.4) is 0 Å². The van der Waals surface area contributed by atoms with Gasteiger partial charge < -0.3 is 125 Å². The number of carbonyl (C=O) groups is 6. The zero-order chi connectivity index (χ0) is 61.9. The van der Waals surface area contributed by atoms with Gasteiger partial charge in [0, 0.05) is 40.4 Å². The maximum absolute atomic E-state index is 14.3. The molecule has 3 saturated heterocycles. The van der Waals surface area contributed by atoms with Crippen molar-refractivity contribution in [2.45, 2.75) is 145 Å². The van der Waals surface area contributed by atoms with Crippen LogP contribution < -0.4 is 36.6 Å². The summed E-state index contributed by atoms with van der Waals surface area (Å²) < 4.78 is 56.4. The molecule has 0 aliphatic carbocycles.